The fourth-order valence-electron chi connectivity index (χ4n) is 1.88. The van der Waals surface area contributed by atoms with Gasteiger partial charge in [-0.05, 0) is 19.3 Å². The summed E-state index contributed by atoms with van der Waals surface area (Å²) in [4.78, 5) is 11.8. The van der Waals surface area contributed by atoms with Gasteiger partial charge in [-0.2, -0.15) is 0 Å². The molecule has 0 aliphatic heterocycles. The smallest absolute Gasteiger partial charge is 0.220 e. The van der Waals surface area contributed by atoms with Crippen molar-refractivity contribution in [1.29, 1.82) is 0 Å². The van der Waals surface area contributed by atoms with Crippen LogP contribution < -0.4 is 11.1 Å². The molecule has 0 heterocycles. The van der Waals surface area contributed by atoms with Gasteiger partial charge in [-0.15, -0.1) is 0 Å². The first-order valence-corrected chi connectivity index (χ1v) is 7.47. The molecule has 0 aliphatic rings. The molecule has 0 spiro atoms. The molecule has 1 amide bonds. The highest BCUT2D eigenvalue weighted by atomic mass is 16.1. The van der Waals surface area contributed by atoms with E-state index >= 15 is 0 Å². The van der Waals surface area contributed by atoms with Crippen molar-refractivity contribution in [3.63, 3.8) is 0 Å². The third kappa shape index (κ3) is 7.00. The predicted molar refractivity (Wildman–Crippen MR) is 78.4 cm³/mol. The number of carbonyl (C=O) groups is 1. The fraction of sp³-hybridized carbons (Fsp3) is 0.933. The maximum Gasteiger partial charge on any atom is 0.220 e. The highest BCUT2D eigenvalue weighted by Crippen LogP contribution is 2.15. The van der Waals surface area contributed by atoms with E-state index in [0.29, 0.717) is 18.9 Å². The lowest BCUT2D eigenvalue weighted by atomic mass is 9.88. The molecule has 18 heavy (non-hydrogen) atoms. The quantitative estimate of drug-likeness (QED) is 0.590. The Morgan fingerprint density at radius 1 is 1.17 bits per heavy atom. The molecule has 1 unspecified atom stereocenters. The van der Waals surface area contributed by atoms with Gasteiger partial charge in [0.2, 0.25) is 5.91 Å². The highest BCUT2D eigenvalue weighted by Gasteiger charge is 2.27. The third-order valence-electron chi connectivity index (χ3n) is 3.88. The minimum absolute atomic E-state index is 0.146. The van der Waals surface area contributed by atoms with Gasteiger partial charge in [-0.25, -0.2) is 0 Å². The van der Waals surface area contributed by atoms with Gasteiger partial charge >= 0.3 is 0 Å². The zero-order valence-electron chi connectivity index (χ0n) is 12.7. The van der Waals surface area contributed by atoms with Crippen LogP contribution in [-0.4, -0.2) is 18.0 Å². The maximum atomic E-state index is 11.8. The molecule has 0 rings (SSSR count). The van der Waals surface area contributed by atoms with Crippen LogP contribution >= 0.6 is 0 Å². The molecule has 3 heteroatoms. The minimum Gasteiger partial charge on any atom is -0.349 e. The molecule has 1 atom stereocenters. The summed E-state index contributed by atoms with van der Waals surface area (Å²) in [5.74, 6) is 0.503. The summed E-state index contributed by atoms with van der Waals surface area (Å²) in [6.07, 6.45) is 7.91. The summed E-state index contributed by atoms with van der Waals surface area (Å²) in [6.45, 7) is 8.92. The number of rotatable bonds is 10. The van der Waals surface area contributed by atoms with Crippen LogP contribution in [0.5, 0.6) is 0 Å². The van der Waals surface area contributed by atoms with E-state index in [2.05, 4.69) is 26.1 Å². The Labute approximate surface area is 113 Å². The topological polar surface area (TPSA) is 55.1 Å². The molecule has 0 aromatic rings. The van der Waals surface area contributed by atoms with E-state index in [0.717, 1.165) is 12.8 Å². The molecule has 0 saturated carbocycles. The zero-order chi connectivity index (χ0) is 14.0. The van der Waals surface area contributed by atoms with Gasteiger partial charge in [0.25, 0.3) is 0 Å². The predicted octanol–water partition coefficient (Wildman–Crippen LogP) is 3.23. The second kappa shape index (κ2) is 9.37. The van der Waals surface area contributed by atoms with Gasteiger partial charge < -0.3 is 11.1 Å². The molecule has 108 valence electrons. The summed E-state index contributed by atoms with van der Waals surface area (Å²) in [7, 11) is 0. The SMILES string of the molecule is CCCCCCCCC(=O)NC(C)(CN)C(C)C. The maximum absolute atomic E-state index is 11.8. The van der Waals surface area contributed by atoms with Crippen LogP contribution in [0, 0.1) is 5.92 Å². The van der Waals surface area contributed by atoms with Gasteiger partial charge in [0.05, 0.1) is 5.54 Å². The van der Waals surface area contributed by atoms with E-state index in [-0.39, 0.29) is 11.4 Å². The third-order valence-corrected chi connectivity index (χ3v) is 3.88. The summed E-state index contributed by atoms with van der Waals surface area (Å²) >= 11 is 0. The van der Waals surface area contributed by atoms with Crippen LogP contribution in [0.4, 0.5) is 0 Å². The molecule has 0 saturated heterocycles. The second-order valence-electron chi connectivity index (χ2n) is 5.84. The number of nitrogens with two attached hydrogens (primary N) is 1. The van der Waals surface area contributed by atoms with Crippen molar-refractivity contribution in [3.05, 3.63) is 0 Å². The van der Waals surface area contributed by atoms with Crippen molar-refractivity contribution in [2.24, 2.45) is 11.7 Å². The van der Waals surface area contributed by atoms with Gasteiger partial charge in [0.15, 0.2) is 0 Å². The van der Waals surface area contributed by atoms with Crippen LogP contribution in [0.2, 0.25) is 0 Å². The molecule has 0 aliphatic carbocycles. The Balaban J connectivity index is 3.76. The average Bonchev–Trinajstić information content (AvgIpc) is 2.33. The van der Waals surface area contributed by atoms with Crippen molar-refractivity contribution >= 4 is 5.91 Å². The Morgan fingerprint density at radius 3 is 2.22 bits per heavy atom. The van der Waals surface area contributed by atoms with E-state index in [9.17, 15) is 4.79 Å². The summed E-state index contributed by atoms with van der Waals surface area (Å²) in [5.41, 5.74) is 5.49. The molecule has 0 fully saturated rings. The monoisotopic (exact) mass is 256 g/mol. The van der Waals surface area contributed by atoms with E-state index < -0.39 is 0 Å². The zero-order valence-corrected chi connectivity index (χ0v) is 12.7. The average molecular weight is 256 g/mol. The second-order valence-corrected chi connectivity index (χ2v) is 5.84. The number of hydrogen-bond acceptors (Lipinski definition) is 2. The fourth-order valence-corrected chi connectivity index (χ4v) is 1.88. The molecule has 0 aromatic carbocycles. The van der Waals surface area contributed by atoms with Crippen LogP contribution in [0.15, 0.2) is 0 Å². The minimum atomic E-state index is -0.265. The van der Waals surface area contributed by atoms with Gasteiger partial charge in [0.1, 0.15) is 0 Å². The lowest BCUT2D eigenvalue weighted by molar-refractivity contribution is -0.123. The number of carbonyl (C=O) groups excluding carboxylic acids is 1. The number of hydrogen-bond donors (Lipinski definition) is 2. The Morgan fingerprint density at radius 2 is 1.72 bits per heavy atom. The Kier molecular flexibility index (Phi) is 9.08. The normalized spacial score (nSPS) is 14.6. The molecule has 3 nitrogen and oxygen atoms in total. The first-order chi connectivity index (χ1) is 8.46. The van der Waals surface area contributed by atoms with Gasteiger partial charge in [0, 0.05) is 13.0 Å². The van der Waals surface area contributed by atoms with Crippen LogP contribution in [0.25, 0.3) is 0 Å². The molecule has 0 radical (unpaired) electrons. The van der Waals surface area contributed by atoms with E-state index in [4.69, 9.17) is 5.73 Å². The van der Waals surface area contributed by atoms with Crippen LogP contribution in [0.1, 0.15) is 72.6 Å². The molecule has 0 bridgehead atoms. The molecule has 3 N–H and O–H groups in total. The summed E-state index contributed by atoms with van der Waals surface area (Å²) < 4.78 is 0. The van der Waals surface area contributed by atoms with Crippen LogP contribution in [-0.2, 0) is 4.79 Å². The van der Waals surface area contributed by atoms with Crippen molar-refractivity contribution in [1.82, 2.24) is 5.32 Å². The van der Waals surface area contributed by atoms with Crippen molar-refractivity contribution in [2.45, 2.75) is 78.2 Å². The largest absolute Gasteiger partial charge is 0.349 e. The lowest BCUT2D eigenvalue weighted by Gasteiger charge is -2.33. The Hall–Kier alpha value is -0.570. The van der Waals surface area contributed by atoms with Gasteiger partial charge in [-0.1, -0.05) is 52.9 Å². The highest BCUT2D eigenvalue weighted by molar-refractivity contribution is 5.76. The first-order valence-electron chi connectivity index (χ1n) is 7.47. The summed E-state index contributed by atoms with van der Waals surface area (Å²) in [6, 6.07) is 0. The first kappa shape index (κ1) is 17.4. The van der Waals surface area contributed by atoms with E-state index in [1.165, 1.54) is 25.7 Å². The number of amides is 1. The number of nitrogens with one attached hydrogen (secondary N) is 1. The van der Waals surface area contributed by atoms with E-state index in [1.54, 1.807) is 0 Å². The van der Waals surface area contributed by atoms with Crippen LogP contribution in [0.3, 0.4) is 0 Å². The van der Waals surface area contributed by atoms with Crippen molar-refractivity contribution in [3.8, 4) is 0 Å². The van der Waals surface area contributed by atoms with Gasteiger partial charge in [-0.3, -0.25) is 4.79 Å². The van der Waals surface area contributed by atoms with Crippen molar-refractivity contribution in [2.75, 3.05) is 6.54 Å². The lowest BCUT2D eigenvalue weighted by Crippen LogP contribution is -2.54. The summed E-state index contributed by atoms with van der Waals surface area (Å²) in [5, 5.41) is 3.08. The Bertz CT molecular complexity index is 229. The van der Waals surface area contributed by atoms with E-state index in [1.807, 2.05) is 6.92 Å². The molecular weight excluding hydrogens is 224 g/mol. The molecular formula is C15H32N2O. The molecule has 0 aromatic heterocycles. The van der Waals surface area contributed by atoms with Crippen molar-refractivity contribution < 1.29 is 4.79 Å². The standard InChI is InChI=1S/C15H32N2O/c1-5-6-7-8-9-10-11-14(18)17-15(4,12-16)13(2)3/h13H,5-12,16H2,1-4H3,(H,17,18). The number of unbranched alkanes of at least 4 members (excludes halogenated alkanes) is 5.